The van der Waals surface area contributed by atoms with Gasteiger partial charge >= 0.3 is 0 Å². The average Bonchev–Trinajstić information content (AvgIpc) is 2.75. The molecule has 1 aromatic rings. The number of hydrogen-bond acceptors (Lipinski definition) is 6. The summed E-state index contributed by atoms with van der Waals surface area (Å²) in [5, 5.41) is 8.82. The molecule has 2 fully saturated rings. The van der Waals surface area contributed by atoms with Crippen molar-refractivity contribution in [1.82, 2.24) is 20.1 Å². The van der Waals surface area contributed by atoms with E-state index in [-0.39, 0.29) is 5.91 Å². The van der Waals surface area contributed by atoms with Gasteiger partial charge < -0.3 is 10.6 Å². The van der Waals surface area contributed by atoms with Crippen molar-refractivity contribution < 1.29 is 4.79 Å². The molecule has 6 nitrogen and oxygen atoms in total. The topological polar surface area (TPSA) is 60.5 Å². The molecule has 0 aliphatic carbocycles. The molecule has 0 bridgehead atoms. The van der Waals surface area contributed by atoms with Crippen LogP contribution in [0, 0.1) is 6.92 Å². The van der Waals surface area contributed by atoms with Gasteiger partial charge in [-0.2, -0.15) is 0 Å². The number of rotatable bonds is 4. The SMILES string of the molecule is Cc1csc(NC(=O)CN2CCN(C3CNC3)CC2)n1. The first kappa shape index (κ1) is 13.9. The number of carbonyl (C=O) groups is 1. The normalized spacial score (nSPS) is 21.6. The van der Waals surface area contributed by atoms with Gasteiger partial charge in [0.05, 0.1) is 12.2 Å². The molecule has 7 heteroatoms. The molecule has 1 aromatic heterocycles. The predicted molar refractivity (Wildman–Crippen MR) is 80.2 cm³/mol. The fourth-order valence-electron chi connectivity index (χ4n) is 2.59. The van der Waals surface area contributed by atoms with Crippen LogP contribution in [0.3, 0.4) is 0 Å². The lowest BCUT2D eigenvalue weighted by Gasteiger charge is -2.43. The van der Waals surface area contributed by atoms with Gasteiger partial charge in [-0.1, -0.05) is 0 Å². The van der Waals surface area contributed by atoms with Gasteiger partial charge in [0.25, 0.3) is 0 Å². The average molecular weight is 295 g/mol. The summed E-state index contributed by atoms with van der Waals surface area (Å²) in [6.07, 6.45) is 0. The molecule has 2 aliphatic rings. The Kier molecular flexibility index (Phi) is 4.30. The monoisotopic (exact) mass is 295 g/mol. The fourth-order valence-corrected chi connectivity index (χ4v) is 3.30. The summed E-state index contributed by atoms with van der Waals surface area (Å²) < 4.78 is 0. The quantitative estimate of drug-likeness (QED) is 0.817. The van der Waals surface area contributed by atoms with Crippen molar-refractivity contribution in [2.24, 2.45) is 0 Å². The van der Waals surface area contributed by atoms with Crippen molar-refractivity contribution in [3.8, 4) is 0 Å². The summed E-state index contributed by atoms with van der Waals surface area (Å²) in [6.45, 7) is 8.71. The molecule has 0 radical (unpaired) electrons. The second-order valence-corrected chi connectivity index (χ2v) is 6.32. The zero-order valence-corrected chi connectivity index (χ0v) is 12.6. The van der Waals surface area contributed by atoms with Crippen LogP contribution in [-0.2, 0) is 4.79 Å². The second kappa shape index (κ2) is 6.17. The molecular weight excluding hydrogens is 274 g/mol. The highest BCUT2D eigenvalue weighted by Gasteiger charge is 2.28. The first-order valence-corrected chi connectivity index (χ1v) is 7.98. The Labute approximate surface area is 123 Å². The number of nitrogens with zero attached hydrogens (tertiary/aromatic N) is 3. The van der Waals surface area contributed by atoms with Gasteiger partial charge in [-0.25, -0.2) is 4.98 Å². The first-order chi connectivity index (χ1) is 9.70. The Morgan fingerprint density at radius 1 is 1.45 bits per heavy atom. The van der Waals surface area contributed by atoms with Crippen molar-refractivity contribution in [2.75, 3.05) is 51.1 Å². The van der Waals surface area contributed by atoms with E-state index >= 15 is 0 Å². The zero-order chi connectivity index (χ0) is 13.9. The summed E-state index contributed by atoms with van der Waals surface area (Å²) in [6, 6.07) is 0.712. The number of anilines is 1. The molecule has 0 unspecified atom stereocenters. The van der Waals surface area contributed by atoms with E-state index in [4.69, 9.17) is 0 Å². The summed E-state index contributed by atoms with van der Waals surface area (Å²) in [7, 11) is 0. The van der Waals surface area contributed by atoms with E-state index < -0.39 is 0 Å². The largest absolute Gasteiger partial charge is 0.314 e. The van der Waals surface area contributed by atoms with Crippen LogP contribution in [0.4, 0.5) is 5.13 Å². The lowest BCUT2D eigenvalue weighted by atomic mass is 10.1. The van der Waals surface area contributed by atoms with Gasteiger partial charge in [0.2, 0.25) is 5.91 Å². The van der Waals surface area contributed by atoms with E-state index in [0.29, 0.717) is 17.7 Å². The van der Waals surface area contributed by atoms with Crippen LogP contribution in [0.25, 0.3) is 0 Å². The second-order valence-electron chi connectivity index (χ2n) is 5.47. The van der Waals surface area contributed by atoms with E-state index in [1.807, 2.05) is 12.3 Å². The van der Waals surface area contributed by atoms with Crippen LogP contribution in [-0.4, -0.2) is 72.5 Å². The van der Waals surface area contributed by atoms with Gasteiger partial charge in [-0.05, 0) is 6.92 Å². The number of piperazine rings is 1. The molecule has 3 heterocycles. The third-order valence-corrected chi connectivity index (χ3v) is 4.79. The fraction of sp³-hybridized carbons (Fsp3) is 0.692. The summed E-state index contributed by atoms with van der Waals surface area (Å²) in [5.41, 5.74) is 0.952. The number of hydrogen-bond donors (Lipinski definition) is 2. The molecule has 0 spiro atoms. The van der Waals surface area contributed by atoms with E-state index in [9.17, 15) is 4.79 Å². The Morgan fingerprint density at radius 2 is 2.20 bits per heavy atom. The summed E-state index contributed by atoms with van der Waals surface area (Å²) >= 11 is 1.48. The van der Waals surface area contributed by atoms with Gasteiger partial charge in [0.15, 0.2) is 5.13 Å². The maximum absolute atomic E-state index is 12.0. The van der Waals surface area contributed by atoms with Gasteiger partial charge in [-0.15, -0.1) is 11.3 Å². The molecule has 2 aliphatic heterocycles. The third kappa shape index (κ3) is 3.35. The van der Waals surface area contributed by atoms with Crippen LogP contribution >= 0.6 is 11.3 Å². The van der Waals surface area contributed by atoms with Gasteiger partial charge in [0.1, 0.15) is 0 Å². The van der Waals surface area contributed by atoms with Crippen molar-refractivity contribution in [2.45, 2.75) is 13.0 Å². The van der Waals surface area contributed by atoms with E-state index in [2.05, 4.69) is 25.4 Å². The van der Waals surface area contributed by atoms with Crippen LogP contribution in [0.15, 0.2) is 5.38 Å². The minimum atomic E-state index is 0.0399. The molecule has 20 heavy (non-hydrogen) atoms. The van der Waals surface area contributed by atoms with E-state index in [1.165, 1.54) is 11.3 Å². The van der Waals surface area contributed by atoms with E-state index in [1.54, 1.807) is 0 Å². The molecule has 2 saturated heterocycles. The zero-order valence-electron chi connectivity index (χ0n) is 11.8. The minimum Gasteiger partial charge on any atom is -0.314 e. The van der Waals surface area contributed by atoms with Gasteiger partial charge in [0, 0.05) is 50.7 Å². The van der Waals surface area contributed by atoms with Crippen LogP contribution in [0.1, 0.15) is 5.69 Å². The summed E-state index contributed by atoms with van der Waals surface area (Å²) in [5.74, 6) is 0.0399. The molecular formula is C13H21N5OS. The number of amides is 1. The number of aromatic nitrogens is 1. The van der Waals surface area contributed by atoms with Crippen molar-refractivity contribution in [3.63, 3.8) is 0 Å². The maximum Gasteiger partial charge on any atom is 0.240 e. The third-order valence-electron chi connectivity index (χ3n) is 3.92. The van der Waals surface area contributed by atoms with E-state index in [0.717, 1.165) is 45.0 Å². The highest BCUT2D eigenvalue weighted by molar-refractivity contribution is 7.13. The molecule has 0 atom stereocenters. The molecule has 2 N–H and O–H groups in total. The molecule has 1 amide bonds. The minimum absolute atomic E-state index is 0.0399. The predicted octanol–water partition coefficient (Wildman–Crippen LogP) is -0.0206. The lowest BCUT2D eigenvalue weighted by Crippen LogP contribution is -2.61. The molecule has 0 aromatic carbocycles. The molecule has 0 saturated carbocycles. The highest BCUT2D eigenvalue weighted by atomic mass is 32.1. The Morgan fingerprint density at radius 3 is 2.75 bits per heavy atom. The van der Waals surface area contributed by atoms with Crippen molar-refractivity contribution in [1.29, 1.82) is 0 Å². The maximum atomic E-state index is 12.0. The van der Waals surface area contributed by atoms with Crippen LogP contribution in [0.2, 0.25) is 0 Å². The smallest absolute Gasteiger partial charge is 0.240 e. The van der Waals surface area contributed by atoms with Crippen molar-refractivity contribution in [3.05, 3.63) is 11.1 Å². The number of nitrogens with one attached hydrogen (secondary N) is 2. The molecule has 3 rings (SSSR count). The van der Waals surface area contributed by atoms with Crippen LogP contribution in [0.5, 0.6) is 0 Å². The number of carbonyl (C=O) groups excluding carboxylic acids is 1. The highest BCUT2D eigenvalue weighted by Crippen LogP contribution is 2.14. The van der Waals surface area contributed by atoms with Crippen molar-refractivity contribution >= 4 is 22.4 Å². The Balaban J connectivity index is 1.41. The van der Waals surface area contributed by atoms with Crippen LogP contribution < -0.4 is 10.6 Å². The summed E-state index contributed by atoms with van der Waals surface area (Å²) in [4.78, 5) is 21.0. The number of thiazole rings is 1. The standard InChI is InChI=1S/C13H21N5OS/c1-10-9-20-13(15-10)16-12(19)8-17-2-4-18(5-3-17)11-6-14-7-11/h9,11,14H,2-8H2,1H3,(H,15,16,19). The molecule has 110 valence electrons. The number of aryl methyl sites for hydroxylation is 1. The Hall–Kier alpha value is -1.02. The Bertz CT molecular complexity index is 465. The lowest BCUT2D eigenvalue weighted by molar-refractivity contribution is -0.117. The first-order valence-electron chi connectivity index (χ1n) is 7.10. The van der Waals surface area contributed by atoms with Gasteiger partial charge in [-0.3, -0.25) is 14.6 Å².